The second kappa shape index (κ2) is 5.31. The number of aliphatic hydroxyl groups excluding tert-OH is 1. The van der Waals surface area contributed by atoms with Crippen molar-refractivity contribution in [3.8, 4) is 0 Å². The molecule has 3 saturated carbocycles. The lowest BCUT2D eigenvalue weighted by Gasteiger charge is -2.67. The second-order valence-corrected chi connectivity index (χ2v) is 8.37. The van der Waals surface area contributed by atoms with Crippen LogP contribution in [0.2, 0.25) is 0 Å². The molecule has 25 heavy (non-hydrogen) atoms. The van der Waals surface area contributed by atoms with E-state index in [2.05, 4.69) is 13.8 Å². The van der Waals surface area contributed by atoms with Gasteiger partial charge in [-0.05, 0) is 49.1 Å². The first kappa shape index (κ1) is 16.6. The molecule has 4 aliphatic rings. The number of hydrogen-bond acceptors (Lipinski definition) is 5. The van der Waals surface area contributed by atoms with Crippen molar-refractivity contribution in [2.24, 2.45) is 28.3 Å². The summed E-state index contributed by atoms with van der Waals surface area (Å²) in [6.07, 6.45) is 1.96. The van der Waals surface area contributed by atoms with Crippen molar-refractivity contribution >= 4 is 17.4 Å². The smallest absolute Gasteiger partial charge is 0.354 e. The van der Waals surface area contributed by atoms with Crippen LogP contribution >= 0.6 is 0 Å². The maximum absolute atomic E-state index is 12.4. The lowest BCUT2D eigenvalue weighted by Crippen LogP contribution is -2.71. The average molecular weight is 342 g/mol. The van der Waals surface area contributed by atoms with Crippen molar-refractivity contribution in [2.75, 3.05) is 18.7 Å². The molecule has 5 heteroatoms. The van der Waals surface area contributed by atoms with Crippen molar-refractivity contribution in [3.05, 3.63) is 29.8 Å². The molecule has 0 saturated heterocycles. The van der Waals surface area contributed by atoms with E-state index in [-0.39, 0.29) is 23.9 Å². The number of methoxy groups -OCH3 is 1. The number of anilines is 1. The van der Waals surface area contributed by atoms with Crippen LogP contribution in [0.15, 0.2) is 29.4 Å². The molecule has 134 valence electrons. The normalized spacial score (nSPS) is 34.8. The highest BCUT2D eigenvalue weighted by molar-refractivity contribution is 6.38. The lowest BCUT2D eigenvalue weighted by atomic mass is 9.40. The van der Waals surface area contributed by atoms with E-state index in [1.165, 1.54) is 12.7 Å². The predicted octanol–water partition coefficient (Wildman–Crippen LogP) is 2.76. The standard InChI is InChI=1S/C20H26N2O3/c1-12-5-7-14(8-6-12)22-20(11-23)15(17(21-22)18(24)25-4)9-13-10-16(20)19(13,2)3/h5-8,13,15-16,23H,9-11H2,1-4H3/t13-,15+,16+,20-/m0/s1. The van der Waals surface area contributed by atoms with Gasteiger partial charge in [-0.15, -0.1) is 0 Å². The Kier molecular flexibility index (Phi) is 3.52. The fourth-order valence-corrected chi connectivity index (χ4v) is 5.47. The van der Waals surface area contributed by atoms with Crippen molar-refractivity contribution in [1.82, 2.24) is 0 Å². The van der Waals surface area contributed by atoms with Gasteiger partial charge in [-0.2, -0.15) is 5.10 Å². The zero-order chi connectivity index (χ0) is 18.0. The first-order valence-electron chi connectivity index (χ1n) is 9.00. The van der Waals surface area contributed by atoms with E-state index in [1.54, 1.807) is 0 Å². The third kappa shape index (κ3) is 1.99. The van der Waals surface area contributed by atoms with Crippen LogP contribution in [-0.4, -0.2) is 36.0 Å². The van der Waals surface area contributed by atoms with Gasteiger partial charge in [0.1, 0.15) is 0 Å². The first-order valence-corrected chi connectivity index (χ1v) is 9.00. The molecule has 0 unspecified atom stereocenters. The lowest BCUT2D eigenvalue weighted by molar-refractivity contribution is -0.146. The van der Waals surface area contributed by atoms with E-state index >= 15 is 0 Å². The predicted molar refractivity (Wildman–Crippen MR) is 96.4 cm³/mol. The average Bonchev–Trinajstić information content (AvgIpc) is 2.97. The molecule has 2 bridgehead atoms. The van der Waals surface area contributed by atoms with Crippen LogP contribution in [0.3, 0.4) is 0 Å². The summed E-state index contributed by atoms with van der Waals surface area (Å²) >= 11 is 0. The van der Waals surface area contributed by atoms with Gasteiger partial charge in [-0.3, -0.25) is 5.01 Å². The molecule has 4 atom stereocenters. The molecule has 3 fully saturated rings. The minimum Gasteiger partial charge on any atom is -0.464 e. The molecule has 1 aromatic rings. The van der Waals surface area contributed by atoms with Crippen LogP contribution in [-0.2, 0) is 9.53 Å². The summed E-state index contributed by atoms with van der Waals surface area (Å²) in [4.78, 5) is 12.4. The number of rotatable bonds is 3. The van der Waals surface area contributed by atoms with E-state index in [0.717, 1.165) is 18.5 Å². The van der Waals surface area contributed by atoms with E-state index in [1.807, 2.05) is 36.2 Å². The van der Waals surface area contributed by atoms with Gasteiger partial charge in [0.15, 0.2) is 5.71 Å². The van der Waals surface area contributed by atoms with Gasteiger partial charge >= 0.3 is 5.97 Å². The summed E-state index contributed by atoms with van der Waals surface area (Å²) in [7, 11) is 1.40. The highest BCUT2D eigenvalue weighted by Crippen LogP contribution is 2.67. The molecule has 5 nitrogen and oxygen atoms in total. The maximum atomic E-state index is 12.4. The number of hydrogen-bond donors (Lipinski definition) is 1. The second-order valence-electron chi connectivity index (χ2n) is 8.37. The van der Waals surface area contributed by atoms with E-state index in [0.29, 0.717) is 17.5 Å². The van der Waals surface area contributed by atoms with E-state index in [9.17, 15) is 9.90 Å². The van der Waals surface area contributed by atoms with Crippen LogP contribution in [0.4, 0.5) is 5.69 Å². The first-order chi connectivity index (χ1) is 11.9. The summed E-state index contributed by atoms with van der Waals surface area (Å²) in [6.45, 7) is 6.59. The van der Waals surface area contributed by atoms with Gasteiger partial charge < -0.3 is 9.84 Å². The molecule has 1 aliphatic heterocycles. The molecule has 0 amide bonds. The zero-order valence-corrected chi connectivity index (χ0v) is 15.3. The molecule has 1 heterocycles. The summed E-state index contributed by atoms with van der Waals surface area (Å²) in [5.41, 5.74) is 2.13. The molecule has 0 radical (unpaired) electrons. The Morgan fingerprint density at radius 1 is 1.32 bits per heavy atom. The fourth-order valence-electron chi connectivity index (χ4n) is 5.47. The van der Waals surface area contributed by atoms with Crippen molar-refractivity contribution in [3.63, 3.8) is 0 Å². The quantitative estimate of drug-likeness (QED) is 0.858. The molecule has 1 aromatic carbocycles. The van der Waals surface area contributed by atoms with Crippen LogP contribution < -0.4 is 5.01 Å². The summed E-state index contributed by atoms with van der Waals surface area (Å²) in [6, 6.07) is 8.12. The number of aryl methyl sites for hydroxylation is 1. The Balaban J connectivity index is 1.86. The van der Waals surface area contributed by atoms with Crippen LogP contribution in [0.5, 0.6) is 0 Å². The van der Waals surface area contributed by atoms with Crippen LogP contribution in [0.25, 0.3) is 0 Å². The molecular weight excluding hydrogens is 316 g/mol. The third-order valence-electron chi connectivity index (χ3n) is 7.06. The number of ether oxygens (including phenoxy) is 1. The van der Waals surface area contributed by atoms with Gasteiger partial charge in [-0.1, -0.05) is 31.5 Å². The van der Waals surface area contributed by atoms with Crippen molar-refractivity contribution in [1.29, 1.82) is 0 Å². The summed E-state index contributed by atoms with van der Waals surface area (Å²) in [5.74, 6) is 0.399. The molecule has 5 rings (SSSR count). The summed E-state index contributed by atoms with van der Waals surface area (Å²) < 4.78 is 5.00. The number of aliphatic hydroxyl groups is 1. The SMILES string of the molecule is COC(=O)C1=NN(c2ccc(C)cc2)[C@@]2(CO)[C@@H]1C[C@H]1C[C@@H]2C1(C)C. The Morgan fingerprint density at radius 2 is 2.00 bits per heavy atom. The molecular formula is C20H26N2O3. The topological polar surface area (TPSA) is 62.1 Å². The van der Waals surface area contributed by atoms with Gasteiger partial charge in [-0.25, -0.2) is 4.79 Å². The van der Waals surface area contributed by atoms with Gasteiger partial charge in [0, 0.05) is 5.92 Å². The number of carbonyl (C=O) groups excluding carboxylic acids is 1. The number of esters is 1. The summed E-state index contributed by atoms with van der Waals surface area (Å²) in [5, 5.41) is 17.2. The Labute approximate surface area is 148 Å². The minimum atomic E-state index is -0.559. The Hall–Kier alpha value is -1.88. The Bertz CT molecular complexity index is 740. The van der Waals surface area contributed by atoms with E-state index in [4.69, 9.17) is 9.84 Å². The van der Waals surface area contributed by atoms with Gasteiger partial charge in [0.25, 0.3) is 0 Å². The zero-order valence-electron chi connectivity index (χ0n) is 15.3. The van der Waals surface area contributed by atoms with E-state index < -0.39 is 5.54 Å². The third-order valence-corrected chi connectivity index (χ3v) is 7.06. The highest BCUT2D eigenvalue weighted by Gasteiger charge is 2.71. The van der Waals surface area contributed by atoms with Crippen molar-refractivity contribution in [2.45, 2.75) is 39.2 Å². The number of hydrazone groups is 1. The number of benzene rings is 1. The fraction of sp³-hybridized carbons (Fsp3) is 0.600. The van der Waals surface area contributed by atoms with Gasteiger partial charge in [0.05, 0.1) is 24.9 Å². The number of carbonyl (C=O) groups is 1. The molecule has 0 spiro atoms. The minimum absolute atomic E-state index is 0.0175. The number of nitrogens with zero attached hydrogens (tertiary/aromatic N) is 2. The largest absolute Gasteiger partial charge is 0.464 e. The molecule has 0 aromatic heterocycles. The van der Waals surface area contributed by atoms with Gasteiger partial charge in [0.2, 0.25) is 0 Å². The van der Waals surface area contributed by atoms with Crippen molar-refractivity contribution < 1.29 is 14.6 Å². The Morgan fingerprint density at radius 3 is 2.56 bits per heavy atom. The molecule has 1 N–H and O–H groups in total. The highest BCUT2D eigenvalue weighted by atomic mass is 16.5. The molecule has 3 aliphatic carbocycles. The van der Waals surface area contributed by atoms with Crippen LogP contribution in [0, 0.1) is 30.1 Å². The monoisotopic (exact) mass is 342 g/mol. The van der Waals surface area contributed by atoms with Crippen LogP contribution in [0.1, 0.15) is 32.3 Å². The maximum Gasteiger partial charge on any atom is 0.354 e.